The topological polar surface area (TPSA) is 58.6 Å². The van der Waals surface area contributed by atoms with E-state index in [0.29, 0.717) is 12.1 Å². The van der Waals surface area contributed by atoms with Crippen LogP contribution in [0.15, 0.2) is 84.9 Å². The Morgan fingerprint density at radius 3 is 2.64 bits per heavy atom. The van der Waals surface area contributed by atoms with Crippen molar-refractivity contribution in [1.82, 2.24) is 5.32 Å². The first-order chi connectivity index (χ1) is 16.1. The Bertz CT molecular complexity index is 1310. The number of hydrogen-bond acceptors (Lipinski definition) is 3. The number of nitrogens with one attached hydrogen (secondary N) is 1. The summed E-state index contributed by atoms with van der Waals surface area (Å²) in [4.78, 5) is 11.6. The lowest BCUT2D eigenvalue weighted by Gasteiger charge is -2.33. The van der Waals surface area contributed by atoms with Gasteiger partial charge >= 0.3 is 5.97 Å². The maximum atomic E-state index is 11.6. The molecular formula is C29H27NO3. The zero-order valence-corrected chi connectivity index (χ0v) is 18.6. The summed E-state index contributed by atoms with van der Waals surface area (Å²) in [5.41, 5.74) is 4.87. The molecule has 33 heavy (non-hydrogen) atoms. The van der Waals surface area contributed by atoms with E-state index in [4.69, 9.17) is 4.74 Å². The van der Waals surface area contributed by atoms with Crippen LogP contribution in [0.25, 0.3) is 10.8 Å². The largest absolute Gasteiger partial charge is 0.489 e. The van der Waals surface area contributed by atoms with Crippen molar-refractivity contribution in [2.45, 2.75) is 31.9 Å². The number of carboxylic acid groups (broad SMARTS) is 1. The first-order valence-electron chi connectivity index (χ1n) is 11.4. The van der Waals surface area contributed by atoms with Gasteiger partial charge < -0.3 is 15.2 Å². The summed E-state index contributed by atoms with van der Waals surface area (Å²) in [6.45, 7) is 3.53. The normalized spacial score (nSPS) is 17.4. The molecule has 0 saturated carbocycles. The van der Waals surface area contributed by atoms with Crippen LogP contribution in [0.1, 0.15) is 45.0 Å². The molecule has 0 bridgehead atoms. The maximum absolute atomic E-state index is 11.6. The van der Waals surface area contributed by atoms with Gasteiger partial charge in [0.25, 0.3) is 0 Å². The molecule has 0 amide bonds. The van der Waals surface area contributed by atoms with Gasteiger partial charge in [-0.05, 0) is 59.0 Å². The van der Waals surface area contributed by atoms with Gasteiger partial charge in [-0.25, -0.2) is 4.79 Å². The Labute approximate surface area is 193 Å². The molecule has 2 atom stereocenters. The number of benzene rings is 4. The molecule has 166 valence electrons. The fourth-order valence-corrected chi connectivity index (χ4v) is 4.88. The van der Waals surface area contributed by atoms with Crippen LogP contribution >= 0.6 is 0 Å². The smallest absolute Gasteiger partial charge is 0.335 e. The lowest BCUT2D eigenvalue weighted by Crippen LogP contribution is -2.35. The van der Waals surface area contributed by atoms with Gasteiger partial charge in [0.1, 0.15) is 11.9 Å². The second-order valence-corrected chi connectivity index (χ2v) is 8.71. The summed E-state index contributed by atoms with van der Waals surface area (Å²) in [5.74, 6) is 0.0781. The zero-order valence-electron chi connectivity index (χ0n) is 18.6. The summed E-state index contributed by atoms with van der Waals surface area (Å²) in [6.07, 6.45) is 0.788. The second-order valence-electron chi connectivity index (χ2n) is 8.71. The monoisotopic (exact) mass is 437 g/mol. The number of carboxylic acids is 1. The Hall–Kier alpha value is -3.63. The minimum absolute atomic E-state index is 0.00670. The zero-order chi connectivity index (χ0) is 22.8. The highest BCUT2D eigenvalue weighted by molar-refractivity contribution is 5.88. The first kappa shape index (κ1) is 21.2. The van der Waals surface area contributed by atoms with Crippen molar-refractivity contribution in [1.29, 1.82) is 0 Å². The number of carbonyl (C=O) groups is 1. The molecule has 1 heterocycles. The van der Waals surface area contributed by atoms with Gasteiger partial charge in [0, 0.05) is 24.6 Å². The van der Waals surface area contributed by atoms with Gasteiger partial charge in [-0.2, -0.15) is 0 Å². The molecular weight excluding hydrogens is 410 g/mol. The molecule has 1 aliphatic heterocycles. The average molecular weight is 438 g/mol. The van der Waals surface area contributed by atoms with Crippen LogP contribution in [0.3, 0.4) is 0 Å². The summed E-state index contributed by atoms with van der Waals surface area (Å²) < 4.78 is 6.35. The predicted molar refractivity (Wildman–Crippen MR) is 131 cm³/mol. The van der Waals surface area contributed by atoms with E-state index in [1.807, 2.05) is 37.3 Å². The van der Waals surface area contributed by atoms with Gasteiger partial charge in [0.2, 0.25) is 0 Å². The summed E-state index contributed by atoms with van der Waals surface area (Å²) >= 11 is 0. The van der Waals surface area contributed by atoms with E-state index in [2.05, 4.69) is 53.8 Å². The molecule has 4 aromatic carbocycles. The summed E-state index contributed by atoms with van der Waals surface area (Å²) in [6, 6.07) is 28.3. The number of fused-ring (bicyclic) bond motifs is 2. The van der Waals surface area contributed by atoms with Gasteiger partial charge in [-0.3, -0.25) is 0 Å². The highest BCUT2D eigenvalue weighted by atomic mass is 16.5. The molecule has 5 rings (SSSR count). The SMILES string of the molecule is Cc1ccc(C(=O)O)cc1C1CC(CNCc2cccc3ccccc23)Oc2ccccc21. The number of hydrogen-bond donors (Lipinski definition) is 2. The van der Waals surface area contributed by atoms with Crippen molar-refractivity contribution in [3.05, 3.63) is 113 Å². The minimum Gasteiger partial charge on any atom is -0.489 e. The summed E-state index contributed by atoms with van der Waals surface area (Å²) in [7, 11) is 0. The van der Waals surface area contributed by atoms with Gasteiger partial charge in [-0.15, -0.1) is 0 Å². The van der Waals surface area contributed by atoms with Crippen LogP contribution in [0.4, 0.5) is 0 Å². The van der Waals surface area contributed by atoms with E-state index in [0.717, 1.165) is 35.4 Å². The van der Waals surface area contributed by atoms with E-state index in [-0.39, 0.29) is 12.0 Å². The van der Waals surface area contributed by atoms with Crippen molar-refractivity contribution >= 4 is 16.7 Å². The molecule has 0 fully saturated rings. The highest BCUT2D eigenvalue weighted by Gasteiger charge is 2.30. The quantitative estimate of drug-likeness (QED) is 0.393. The van der Waals surface area contributed by atoms with Crippen LogP contribution in [0, 0.1) is 6.92 Å². The average Bonchev–Trinajstić information content (AvgIpc) is 2.84. The Balaban J connectivity index is 1.37. The van der Waals surface area contributed by atoms with Crippen molar-refractivity contribution in [2.24, 2.45) is 0 Å². The number of aromatic carboxylic acids is 1. The van der Waals surface area contributed by atoms with E-state index in [9.17, 15) is 9.90 Å². The molecule has 0 aromatic heterocycles. The van der Waals surface area contributed by atoms with Gasteiger partial charge in [0.15, 0.2) is 0 Å². The van der Waals surface area contributed by atoms with Crippen LogP contribution in [0.2, 0.25) is 0 Å². The third-order valence-corrected chi connectivity index (χ3v) is 6.56. The van der Waals surface area contributed by atoms with Gasteiger partial charge in [0.05, 0.1) is 5.56 Å². The molecule has 4 heteroatoms. The molecule has 4 nitrogen and oxygen atoms in total. The maximum Gasteiger partial charge on any atom is 0.335 e. The molecule has 4 aromatic rings. The Kier molecular flexibility index (Phi) is 5.84. The van der Waals surface area contributed by atoms with Crippen LogP contribution in [-0.4, -0.2) is 23.7 Å². The first-order valence-corrected chi connectivity index (χ1v) is 11.4. The minimum atomic E-state index is -0.898. The van der Waals surface area contributed by atoms with E-state index >= 15 is 0 Å². The lowest BCUT2D eigenvalue weighted by atomic mass is 9.81. The molecule has 0 saturated heterocycles. The molecule has 0 radical (unpaired) electrons. The Morgan fingerprint density at radius 1 is 0.970 bits per heavy atom. The standard InChI is InChI=1S/C29H27NO3/c1-19-13-14-21(29(31)32)15-26(19)27-16-23(33-28-12-5-4-11-25(27)28)18-30-17-22-9-6-8-20-7-2-3-10-24(20)22/h2-15,23,27,30H,16-18H2,1H3,(H,31,32). The molecule has 0 aliphatic carbocycles. The van der Waals surface area contributed by atoms with E-state index in [1.165, 1.54) is 16.3 Å². The lowest BCUT2D eigenvalue weighted by molar-refractivity contribution is 0.0696. The number of aryl methyl sites for hydroxylation is 1. The number of rotatable bonds is 6. The van der Waals surface area contributed by atoms with Crippen molar-refractivity contribution in [3.8, 4) is 5.75 Å². The molecule has 0 spiro atoms. The van der Waals surface area contributed by atoms with Crippen molar-refractivity contribution in [2.75, 3.05) is 6.54 Å². The third-order valence-electron chi connectivity index (χ3n) is 6.56. The van der Waals surface area contributed by atoms with Crippen LogP contribution in [-0.2, 0) is 6.54 Å². The molecule has 2 N–H and O–H groups in total. The Morgan fingerprint density at radius 2 is 1.76 bits per heavy atom. The van der Waals surface area contributed by atoms with E-state index in [1.54, 1.807) is 6.07 Å². The summed E-state index contributed by atoms with van der Waals surface area (Å²) in [5, 5.41) is 15.6. The second kappa shape index (κ2) is 9.08. The van der Waals surface area contributed by atoms with E-state index < -0.39 is 5.97 Å². The fraction of sp³-hybridized carbons (Fsp3) is 0.207. The third kappa shape index (κ3) is 4.35. The fourth-order valence-electron chi connectivity index (χ4n) is 4.88. The van der Waals surface area contributed by atoms with Crippen molar-refractivity contribution in [3.63, 3.8) is 0 Å². The van der Waals surface area contributed by atoms with Crippen LogP contribution in [0.5, 0.6) is 5.75 Å². The number of para-hydroxylation sites is 1. The molecule has 1 aliphatic rings. The highest BCUT2D eigenvalue weighted by Crippen LogP contribution is 2.41. The molecule has 2 unspecified atom stereocenters. The predicted octanol–water partition coefficient (Wildman–Crippen LogP) is 5.92. The van der Waals surface area contributed by atoms with Crippen LogP contribution < -0.4 is 10.1 Å². The number of ether oxygens (including phenoxy) is 1. The van der Waals surface area contributed by atoms with Gasteiger partial charge in [-0.1, -0.05) is 66.7 Å². The van der Waals surface area contributed by atoms with Crippen molar-refractivity contribution < 1.29 is 14.6 Å².